The van der Waals surface area contributed by atoms with Gasteiger partial charge in [0.1, 0.15) is 0 Å². The number of aromatic nitrogens is 2. The quantitative estimate of drug-likeness (QED) is 0.152. The van der Waals surface area contributed by atoms with Crippen LogP contribution in [0.3, 0.4) is 0 Å². The van der Waals surface area contributed by atoms with Gasteiger partial charge in [0.2, 0.25) is 0 Å². The molecule has 1 unspecified atom stereocenters. The minimum Gasteiger partial charge on any atom is -0.309 e. The highest BCUT2D eigenvalue weighted by Gasteiger charge is 2.42. The number of nitrogens with zero attached hydrogens (tertiary/aromatic N) is 2. The molecule has 0 N–H and O–H groups in total. The molecule has 0 spiro atoms. The van der Waals surface area contributed by atoms with Gasteiger partial charge in [-0.2, -0.15) is 79.0 Å². The molecule has 2 heterocycles. The molecule has 0 saturated heterocycles. The number of benzene rings is 7. The van der Waals surface area contributed by atoms with Crippen LogP contribution in [-0.2, 0) is 43.5 Å². The Bertz CT molecular complexity index is 3740. The van der Waals surface area contributed by atoms with Crippen LogP contribution in [-0.4, -0.2) is 9.13 Å². The minimum absolute atomic E-state index is 0.0113. The van der Waals surface area contributed by atoms with E-state index in [-0.39, 0.29) is 84.9 Å². The van der Waals surface area contributed by atoms with Gasteiger partial charge in [-0.15, -0.1) is 0 Å². The predicted molar refractivity (Wildman–Crippen MR) is 240 cm³/mol. The maximum atomic E-state index is 16.0. The topological polar surface area (TPSA) is 9.86 Å². The summed E-state index contributed by atoms with van der Waals surface area (Å²) in [4.78, 5) is 0. The Hall–Kier alpha value is -7.64. The van der Waals surface area contributed by atoms with Crippen molar-refractivity contribution in [1.29, 1.82) is 0 Å². The number of rotatable bonds is 5. The zero-order valence-electron chi connectivity index (χ0n) is 36.9. The van der Waals surface area contributed by atoms with Crippen molar-refractivity contribution in [3.05, 3.63) is 196 Å². The van der Waals surface area contributed by atoms with E-state index in [1.54, 1.807) is 0 Å². The van der Waals surface area contributed by atoms with E-state index >= 15 is 13.2 Å². The van der Waals surface area contributed by atoms with E-state index < -0.39 is 93.2 Å². The summed E-state index contributed by atoms with van der Waals surface area (Å²) in [7, 11) is 0. The van der Waals surface area contributed by atoms with Crippen molar-refractivity contribution in [1.82, 2.24) is 9.13 Å². The molecule has 74 heavy (non-hydrogen) atoms. The SMILES string of the molecule is FC(F)(F)c1cccc(-c2cc(-n3c4ccccc4c4cc(-c5ccc(C(F)(F)F)cc5C(F)(F)F)ccc43)c(C(F)(F)F)cc2-n2c3c(c4ccccc42)CC(c2ccc(C(F)(F)F)cc2C(F)(F)F)C=C3)c1. The maximum Gasteiger partial charge on any atom is 0.418 e. The lowest BCUT2D eigenvalue weighted by atomic mass is 9.83. The fraction of sp³-hybridized carbons (Fsp3) is 0.148. The number of fused-ring (bicyclic) bond motifs is 6. The average molecular weight is 1050 g/mol. The minimum atomic E-state index is -5.30. The lowest BCUT2D eigenvalue weighted by molar-refractivity contribution is -0.144. The van der Waals surface area contributed by atoms with Crippen LogP contribution in [0.1, 0.15) is 56.1 Å². The van der Waals surface area contributed by atoms with E-state index in [1.165, 1.54) is 83.4 Å². The number of hydrogen-bond donors (Lipinski definition) is 0. The van der Waals surface area contributed by atoms with E-state index in [4.69, 9.17) is 0 Å². The summed E-state index contributed by atoms with van der Waals surface area (Å²) < 4.78 is 262. The first-order valence-electron chi connectivity index (χ1n) is 21.8. The van der Waals surface area contributed by atoms with Gasteiger partial charge in [0.15, 0.2) is 0 Å². The van der Waals surface area contributed by atoms with Gasteiger partial charge in [-0.05, 0) is 113 Å². The normalized spacial score (nSPS) is 14.9. The van der Waals surface area contributed by atoms with Crippen molar-refractivity contribution < 1.29 is 79.0 Å². The Morgan fingerprint density at radius 2 is 0.905 bits per heavy atom. The van der Waals surface area contributed by atoms with Gasteiger partial charge in [0.25, 0.3) is 0 Å². The lowest BCUT2D eigenvalue weighted by Gasteiger charge is -2.25. The smallest absolute Gasteiger partial charge is 0.309 e. The Balaban J connectivity index is 1.24. The number of hydrogen-bond acceptors (Lipinski definition) is 0. The van der Waals surface area contributed by atoms with Crippen LogP contribution in [0.15, 0.2) is 146 Å². The summed E-state index contributed by atoms with van der Waals surface area (Å²) in [5, 5.41) is 0.482. The summed E-state index contributed by atoms with van der Waals surface area (Å²) >= 11 is 0. The van der Waals surface area contributed by atoms with E-state index in [2.05, 4.69) is 0 Å². The maximum absolute atomic E-state index is 16.0. The monoisotopic (exact) mass is 1050 g/mol. The standard InChI is InChI=1S/C54H28F18N2/c55-49(56,57)30-7-5-6-27(20-30)37-25-48(74-44-11-4-2-9-36(44)39-22-29(13-19-46(39)74)34-17-15-32(51(61,62)63)24-41(34)53(67,68)69)42(54(70,71)72)26-47(37)73-43-10-3-1-8-35(43)38-21-28(12-18-45(38)73)33-16-14-31(50(58,59)60)23-40(33)52(64,65)66/h1-20,22-26,28H,21H2. The first-order chi connectivity index (χ1) is 34.5. The van der Waals surface area contributed by atoms with Crippen molar-refractivity contribution >= 4 is 38.8 Å². The summed E-state index contributed by atoms with van der Waals surface area (Å²) in [6.45, 7) is 0. The molecule has 7 aromatic carbocycles. The average Bonchev–Trinajstić information content (AvgIpc) is 3.83. The zero-order valence-corrected chi connectivity index (χ0v) is 36.9. The van der Waals surface area contributed by atoms with E-state index in [9.17, 15) is 65.9 Å². The molecule has 20 heteroatoms. The van der Waals surface area contributed by atoms with Gasteiger partial charge in [-0.1, -0.05) is 72.8 Å². The molecule has 2 nitrogen and oxygen atoms in total. The van der Waals surface area contributed by atoms with Crippen molar-refractivity contribution in [2.75, 3.05) is 0 Å². The van der Waals surface area contributed by atoms with E-state index in [0.717, 1.165) is 28.8 Å². The molecule has 380 valence electrons. The van der Waals surface area contributed by atoms with Gasteiger partial charge in [-0.3, -0.25) is 0 Å². The van der Waals surface area contributed by atoms with Crippen molar-refractivity contribution in [3.8, 4) is 33.6 Å². The van der Waals surface area contributed by atoms with Crippen LogP contribution in [0.4, 0.5) is 79.0 Å². The molecule has 0 radical (unpaired) electrons. The van der Waals surface area contributed by atoms with Crippen molar-refractivity contribution in [2.24, 2.45) is 0 Å². The summed E-state index contributed by atoms with van der Waals surface area (Å²) in [6.07, 6.45) is -28.9. The third kappa shape index (κ3) is 8.70. The van der Waals surface area contributed by atoms with Crippen LogP contribution >= 0.6 is 0 Å². The summed E-state index contributed by atoms with van der Waals surface area (Å²) in [5.41, 5.74) is -11.5. The number of halogens is 18. The Morgan fingerprint density at radius 3 is 1.53 bits per heavy atom. The first kappa shape index (κ1) is 49.9. The second kappa shape index (κ2) is 17.0. The van der Waals surface area contributed by atoms with Crippen LogP contribution < -0.4 is 0 Å². The van der Waals surface area contributed by atoms with Crippen LogP contribution in [0.2, 0.25) is 0 Å². The largest absolute Gasteiger partial charge is 0.418 e. The third-order valence-electron chi connectivity index (χ3n) is 13.1. The van der Waals surface area contributed by atoms with Crippen LogP contribution in [0.5, 0.6) is 0 Å². The molecule has 10 rings (SSSR count). The van der Waals surface area contributed by atoms with Crippen LogP contribution in [0.25, 0.3) is 72.4 Å². The molecule has 1 atom stereocenters. The zero-order chi connectivity index (χ0) is 53.2. The molecular weight excluding hydrogens is 1020 g/mol. The molecule has 2 aromatic heterocycles. The molecule has 1 aliphatic carbocycles. The van der Waals surface area contributed by atoms with Gasteiger partial charge in [0, 0.05) is 33.3 Å². The number of allylic oxidation sites excluding steroid dienone is 1. The Labute approximate surface area is 405 Å². The molecular formula is C54H28F18N2. The van der Waals surface area contributed by atoms with Gasteiger partial charge < -0.3 is 9.13 Å². The molecule has 0 fully saturated rings. The third-order valence-corrected chi connectivity index (χ3v) is 13.1. The highest BCUT2D eigenvalue weighted by atomic mass is 19.4. The van der Waals surface area contributed by atoms with E-state index in [0.29, 0.717) is 36.4 Å². The number of para-hydroxylation sites is 2. The van der Waals surface area contributed by atoms with E-state index in [1.807, 2.05) is 0 Å². The lowest BCUT2D eigenvalue weighted by Crippen LogP contribution is -2.17. The van der Waals surface area contributed by atoms with Gasteiger partial charge in [-0.25, -0.2) is 0 Å². The first-order valence-corrected chi connectivity index (χ1v) is 21.8. The van der Waals surface area contributed by atoms with Crippen molar-refractivity contribution in [2.45, 2.75) is 49.4 Å². The predicted octanol–water partition coefficient (Wildman–Crippen LogP) is 18.5. The number of alkyl halides is 18. The van der Waals surface area contributed by atoms with Crippen molar-refractivity contribution in [3.63, 3.8) is 0 Å². The fourth-order valence-electron chi connectivity index (χ4n) is 9.86. The Kier molecular flexibility index (Phi) is 11.4. The highest BCUT2D eigenvalue weighted by Crippen LogP contribution is 2.49. The molecule has 0 bridgehead atoms. The molecule has 0 amide bonds. The van der Waals surface area contributed by atoms with Gasteiger partial charge >= 0.3 is 37.1 Å². The molecule has 0 aliphatic heterocycles. The fourth-order valence-corrected chi connectivity index (χ4v) is 9.86. The van der Waals surface area contributed by atoms with Crippen LogP contribution in [0, 0.1) is 0 Å². The Morgan fingerprint density at radius 1 is 0.365 bits per heavy atom. The summed E-state index contributed by atoms with van der Waals surface area (Å²) in [5.74, 6) is -1.23. The summed E-state index contributed by atoms with van der Waals surface area (Å²) in [6, 6.07) is 22.6. The second-order valence-corrected chi connectivity index (χ2v) is 17.5. The van der Waals surface area contributed by atoms with Gasteiger partial charge in [0.05, 0.1) is 61.3 Å². The molecule has 9 aromatic rings. The second-order valence-electron chi connectivity index (χ2n) is 17.5. The molecule has 0 saturated carbocycles. The molecule has 1 aliphatic rings. The highest BCUT2D eigenvalue weighted by molar-refractivity contribution is 6.11.